The van der Waals surface area contributed by atoms with Crippen LogP contribution in [0.3, 0.4) is 0 Å². The molecule has 0 aliphatic carbocycles. The van der Waals surface area contributed by atoms with Gasteiger partial charge >= 0.3 is 0 Å². The summed E-state index contributed by atoms with van der Waals surface area (Å²) >= 11 is 1.23. The van der Waals surface area contributed by atoms with Gasteiger partial charge in [-0.05, 0) is 66.9 Å². The van der Waals surface area contributed by atoms with Crippen molar-refractivity contribution in [3.05, 3.63) is 99.6 Å². The van der Waals surface area contributed by atoms with E-state index < -0.39 is 0 Å². The zero-order valence-electron chi connectivity index (χ0n) is 18.7. The lowest BCUT2D eigenvalue weighted by atomic mass is 10.1. The van der Waals surface area contributed by atoms with E-state index in [1.54, 1.807) is 40.8 Å². The fraction of sp³-hybridized carbons (Fsp3) is 0.192. The number of thioether (sulfide) groups is 1. The minimum Gasteiger partial charge on any atom is -0.341 e. The molecule has 33 heavy (non-hydrogen) atoms. The average molecular weight is 462 g/mol. The Morgan fingerprint density at radius 1 is 1.03 bits per heavy atom. The normalized spacial score (nSPS) is 11.0. The van der Waals surface area contributed by atoms with E-state index >= 15 is 0 Å². The Morgan fingerprint density at radius 3 is 2.39 bits per heavy atom. The summed E-state index contributed by atoms with van der Waals surface area (Å²) in [7, 11) is 1.71. The molecule has 168 valence electrons. The van der Waals surface area contributed by atoms with E-state index in [0.717, 1.165) is 22.4 Å². The molecule has 5 nitrogen and oxygen atoms in total. The van der Waals surface area contributed by atoms with Crippen molar-refractivity contribution in [1.29, 1.82) is 0 Å². The number of carbonyl (C=O) groups excluding carboxylic acids is 1. The molecule has 0 saturated carbocycles. The molecule has 0 atom stereocenters. The van der Waals surface area contributed by atoms with Crippen molar-refractivity contribution >= 4 is 28.6 Å². The standard InChI is InChI=1S/C26H24FN3O2S/c1-17-12-18(2)14-21(13-17)30-25(32)22-6-4-5-7-23(22)28-26(30)33-16-24(31)29(3)15-19-8-10-20(27)11-9-19/h4-14H,15-16H2,1-3H3. The van der Waals surface area contributed by atoms with Gasteiger partial charge in [0, 0.05) is 13.6 Å². The van der Waals surface area contributed by atoms with Crippen LogP contribution in [0.5, 0.6) is 0 Å². The van der Waals surface area contributed by atoms with E-state index in [0.29, 0.717) is 22.6 Å². The number of hydrogen-bond acceptors (Lipinski definition) is 4. The van der Waals surface area contributed by atoms with Crippen LogP contribution in [0.25, 0.3) is 16.6 Å². The van der Waals surface area contributed by atoms with Crippen LogP contribution in [0.2, 0.25) is 0 Å². The van der Waals surface area contributed by atoms with Crippen molar-refractivity contribution in [2.24, 2.45) is 0 Å². The number of benzene rings is 3. The van der Waals surface area contributed by atoms with Crippen molar-refractivity contribution in [3.63, 3.8) is 0 Å². The molecule has 0 spiro atoms. The van der Waals surface area contributed by atoms with Crippen molar-refractivity contribution in [1.82, 2.24) is 14.5 Å². The van der Waals surface area contributed by atoms with Gasteiger partial charge in [0.25, 0.3) is 5.56 Å². The molecule has 1 amide bonds. The first-order chi connectivity index (χ1) is 15.8. The van der Waals surface area contributed by atoms with Crippen LogP contribution in [0.15, 0.2) is 76.7 Å². The van der Waals surface area contributed by atoms with E-state index in [4.69, 9.17) is 4.98 Å². The summed E-state index contributed by atoms with van der Waals surface area (Å²) < 4.78 is 14.7. The summed E-state index contributed by atoms with van der Waals surface area (Å²) in [4.78, 5) is 32.5. The first-order valence-electron chi connectivity index (χ1n) is 10.5. The van der Waals surface area contributed by atoms with E-state index in [2.05, 4.69) is 0 Å². The minimum absolute atomic E-state index is 0.112. The second-order valence-electron chi connectivity index (χ2n) is 8.06. The molecule has 7 heteroatoms. The van der Waals surface area contributed by atoms with E-state index in [1.165, 1.54) is 23.9 Å². The van der Waals surface area contributed by atoms with E-state index in [1.807, 2.05) is 44.2 Å². The zero-order chi connectivity index (χ0) is 23.5. The number of fused-ring (bicyclic) bond motifs is 1. The highest BCUT2D eigenvalue weighted by Gasteiger charge is 2.17. The molecule has 3 aromatic carbocycles. The van der Waals surface area contributed by atoms with Crippen LogP contribution in [0, 0.1) is 19.7 Å². The predicted molar refractivity (Wildman–Crippen MR) is 130 cm³/mol. The maximum Gasteiger partial charge on any atom is 0.266 e. The summed E-state index contributed by atoms with van der Waals surface area (Å²) in [6, 6.07) is 19.2. The Kier molecular flexibility index (Phi) is 6.60. The number of nitrogens with zero attached hydrogens (tertiary/aromatic N) is 3. The number of halogens is 1. The quantitative estimate of drug-likeness (QED) is 0.303. The molecule has 0 unspecified atom stereocenters. The Balaban J connectivity index is 1.64. The van der Waals surface area contributed by atoms with Gasteiger partial charge in [0.2, 0.25) is 5.91 Å². The van der Waals surface area contributed by atoms with Crippen molar-refractivity contribution in [3.8, 4) is 5.69 Å². The van der Waals surface area contributed by atoms with Gasteiger partial charge in [-0.3, -0.25) is 14.2 Å². The molecule has 1 aromatic heterocycles. The maximum absolute atomic E-state index is 13.4. The van der Waals surface area contributed by atoms with Crippen LogP contribution >= 0.6 is 11.8 Å². The third-order valence-electron chi connectivity index (χ3n) is 5.29. The largest absolute Gasteiger partial charge is 0.341 e. The molecule has 4 aromatic rings. The van der Waals surface area contributed by atoms with Gasteiger partial charge in [-0.1, -0.05) is 42.1 Å². The Labute approximate surface area is 195 Å². The molecule has 4 rings (SSSR count). The smallest absolute Gasteiger partial charge is 0.266 e. The number of hydrogen-bond donors (Lipinski definition) is 0. The Morgan fingerprint density at radius 2 is 1.70 bits per heavy atom. The van der Waals surface area contributed by atoms with Gasteiger partial charge in [-0.2, -0.15) is 0 Å². The highest BCUT2D eigenvalue weighted by Crippen LogP contribution is 2.23. The third-order valence-corrected chi connectivity index (χ3v) is 6.22. The van der Waals surface area contributed by atoms with Crippen LogP contribution in [-0.4, -0.2) is 33.2 Å². The van der Waals surface area contributed by atoms with Gasteiger partial charge in [-0.15, -0.1) is 0 Å². The van der Waals surface area contributed by atoms with Crippen molar-refractivity contribution in [2.45, 2.75) is 25.5 Å². The molecule has 0 bridgehead atoms. The number of rotatable bonds is 6. The fourth-order valence-corrected chi connectivity index (χ4v) is 4.66. The number of aryl methyl sites for hydroxylation is 2. The number of carbonyl (C=O) groups is 1. The van der Waals surface area contributed by atoms with Crippen LogP contribution in [0.1, 0.15) is 16.7 Å². The molecule has 0 saturated heterocycles. The van der Waals surface area contributed by atoms with Gasteiger partial charge in [0.15, 0.2) is 5.16 Å². The summed E-state index contributed by atoms with van der Waals surface area (Å²) in [6.07, 6.45) is 0. The van der Waals surface area contributed by atoms with Gasteiger partial charge in [0.1, 0.15) is 5.82 Å². The van der Waals surface area contributed by atoms with Crippen molar-refractivity contribution in [2.75, 3.05) is 12.8 Å². The minimum atomic E-state index is -0.310. The highest BCUT2D eigenvalue weighted by atomic mass is 32.2. The van der Waals surface area contributed by atoms with Crippen LogP contribution in [0.4, 0.5) is 4.39 Å². The molecular formula is C26H24FN3O2S. The molecule has 0 aliphatic rings. The van der Waals surface area contributed by atoms with Crippen LogP contribution in [-0.2, 0) is 11.3 Å². The lowest BCUT2D eigenvalue weighted by molar-refractivity contribution is -0.127. The zero-order valence-corrected chi connectivity index (χ0v) is 19.5. The summed E-state index contributed by atoms with van der Waals surface area (Å²) in [6.45, 7) is 4.34. The fourth-order valence-electron chi connectivity index (χ4n) is 3.70. The number of aromatic nitrogens is 2. The second kappa shape index (κ2) is 9.58. The highest BCUT2D eigenvalue weighted by molar-refractivity contribution is 7.99. The second-order valence-corrected chi connectivity index (χ2v) is 9.01. The predicted octanol–water partition coefficient (Wildman–Crippen LogP) is 4.89. The molecule has 0 N–H and O–H groups in total. The Bertz CT molecular complexity index is 1360. The maximum atomic E-state index is 13.4. The number of para-hydroxylation sites is 1. The molecule has 0 fully saturated rings. The monoisotopic (exact) mass is 461 g/mol. The summed E-state index contributed by atoms with van der Waals surface area (Å²) in [5.41, 5.74) is 4.07. The third kappa shape index (κ3) is 5.14. The first kappa shape index (κ1) is 22.7. The SMILES string of the molecule is Cc1cc(C)cc(-n2c(SCC(=O)N(C)Cc3ccc(F)cc3)nc3ccccc3c2=O)c1. The topological polar surface area (TPSA) is 55.2 Å². The van der Waals surface area contributed by atoms with Gasteiger partial charge in [-0.25, -0.2) is 9.37 Å². The lowest BCUT2D eigenvalue weighted by Crippen LogP contribution is -2.28. The lowest BCUT2D eigenvalue weighted by Gasteiger charge is -2.18. The molecule has 0 radical (unpaired) electrons. The van der Waals surface area contributed by atoms with Crippen molar-refractivity contribution < 1.29 is 9.18 Å². The van der Waals surface area contributed by atoms with Gasteiger partial charge in [0.05, 0.1) is 22.3 Å². The summed E-state index contributed by atoms with van der Waals surface area (Å²) in [5, 5.41) is 0.994. The van der Waals surface area contributed by atoms with Gasteiger partial charge < -0.3 is 4.90 Å². The molecular weight excluding hydrogens is 437 g/mol. The van der Waals surface area contributed by atoms with Crippen LogP contribution < -0.4 is 5.56 Å². The average Bonchev–Trinajstić information content (AvgIpc) is 2.78. The molecule has 0 aliphatic heterocycles. The molecule has 1 heterocycles. The van der Waals surface area contributed by atoms with E-state index in [-0.39, 0.29) is 23.0 Å². The summed E-state index contributed by atoms with van der Waals surface area (Å²) in [5.74, 6) is -0.304. The van der Waals surface area contributed by atoms with E-state index in [9.17, 15) is 14.0 Å². The number of amides is 1. The Hall–Kier alpha value is -3.45. The first-order valence-corrected chi connectivity index (χ1v) is 11.5.